The van der Waals surface area contributed by atoms with Crippen LogP contribution >= 0.6 is 0 Å². The zero-order valence-corrected chi connectivity index (χ0v) is 10.5. The minimum absolute atomic E-state index is 0.0553. The van der Waals surface area contributed by atoms with Gasteiger partial charge < -0.3 is 16.4 Å². The molecule has 1 aliphatic heterocycles. The van der Waals surface area contributed by atoms with Crippen LogP contribution in [-0.4, -0.2) is 16.8 Å². The van der Waals surface area contributed by atoms with Crippen molar-refractivity contribution in [3.05, 3.63) is 47.7 Å². The number of nitrogen functional groups attached to an aromatic ring is 1. The van der Waals surface area contributed by atoms with Gasteiger partial charge in [-0.25, -0.2) is 4.98 Å². The van der Waals surface area contributed by atoms with Crippen molar-refractivity contribution in [1.29, 1.82) is 0 Å². The number of fused-ring (bicyclic) bond motifs is 1. The number of benzene rings is 1. The predicted molar refractivity (Wildman–Crippen MR) is 75.4 cm³/mol. The molecule has 0 bridgehead atoms. The van der Waals surface area contributed by atoms with Crippen molar-refractivity contribution in [2.45, 2.75) is 6.42 Å². The summed E-state index contributed by atoms with van der Waals surface area (Å²) in [6.07, 6.45) is 1.80. The maximum absolute atomic E-state index is 12.1. The first-order valence-electron chi connectivity index (χ1n) is 6.07. The van der Waals surface area contributed by atoms with Crippen molar-refractivity contribution in [2.75, 3.05) is 16.4 Å². The number of rotatable bonds is 2. The number of aromatic nitrogens is 1. The Balaban J connectivity index is 1.79. The van der Waals surface area contributed by atoms with Gasteiger partial charge in [0.05, 0.1) is 18.3 Å². The van der Waals surface area contributed by atoms with Gasteiger partial charge in [0, 0.05) is 11.3 Å². The number of amides is 2. The fourth-order valence-electron chi connectivity index (χ4n) is 2.05. The summed E-state index contributed by atoms with van der Waals surface area (Å²) >= 11 is 0. The minimum Gasteiger partial charge on any atom is -0.384 e. The largest absolute Gasteiger partial charge is 0.384 e. The molecule has 2 amide bonds. The van der Waals surface area contributed by atoms with Crippen LogP contribution in [0.4, 0.5) is 17.2 Å². The van der Waals surface area contributed by atoms with E-state index in [4.69, 9.17) is 5.73 Å². The van der Waals surface area contributed by atoms with Crippen LogP contribution in [-0.2, 0) is 11.2 Å². The van der Waals surface area contributed by atoms with E-state index in [-0.39, 0.29) is 11.8 Å². The normalized spacial score (nSPS) is 12.7. The molecule has 0 radical (unpaired) electrons. The van der Waals surface area contributed by atoms with Gasteiger partial charge in [-0.05, 0) is 35.9 Å². The number of hydrogen-bond acceptors (Lipinski definition) is 4. The van der Waals surface area contributed by atoms with E-state index in [0.29, 0.717) is 23.5 Å². The molecule has 2 heterocycles. The second-order valence-electron chi connectivity index (χ2n) is 4.52. The average Bonchev–Trinajstić information content (AvgIpc) is 2.80. The zero-order chi connectivity index (χ0) is 14.1. The van der Waals surface area contributed by atoms with Crippen LogP contribution in [0, 0.1) is 0 Å². The van der Waals surface area contributed by atoms with E-state index in [1.807, 2.05) is 0 Å². The molecule has 0 fully saturated rings. The first-order valence-corrected chi connectivity index (χ1v) is 6.07. The first-order chi connectivity index (χ1) is 9.61. The zero-order valence-electron chi connectivity index (χ0n) is 10.5. The number of pyridine rings is 1. The smallest absolute Gasteiger partial charge is 0.255 e. The fourth-order valence-corrected chi connectivity index (χ4v) is 2.05. The lowest BCUT2D eigenvalue weighted by atomic mass is 10.1. The van der Waals surface area contributed by atoms with Gasteiger partial charge in [0.1, 0.15) is 5.82 Å². The van der Waals surface area contributed by atoms with Gasteiger partial charge in [-0.3, -0.25) is 9.59 Å². The maximum Gasteiger partial charge on any atom is 0.255 e. The molecule has 2 aromatic rings. The fraction of sp³-hybridized carbons (Fsp3) is 0.0714. The molecule has 0 saturated carbocycles. The number of nitrogens with zero attached hydrogens (tertiary/aromatic N) is 1. The highest BCUT2D eigenvalue weighted by molar-refractivity contribution is 6.06. The maximum atomic E-state index is 12.1. The van der Waals surface area contributed by atoms with E-state index < -0.39 is 0 Å². The molecular weight excluding hydrogens is 256 g/mol. The van der Waals surface area contributed by atoms with Gasteiger partial charge in [-0.1, -0.05) is 0 Å². The molecule has 6 heteroatoms. The number of carbonyl (C=O) groups is 2. The Morgan fingerprint density at radius 2 is 2.15 bits per heavy atom. The molecule has 100 valence electrons. The van der Waals surface area contributed by atoms with Gasteiger partial charge in [-0.2, -0.15) is 0 Å². The lowest BCUT2D eigenvalue weighted by Gasteiger charge is -2.06. The van der Waals surface area contributed by atoms with E-state index in [1.165, 1.54) is 6.20 Å². The number of anilines is 3. The van der Waals surface area contributed by atoms with Crippen LogP contribution in [0.25, 0.3) is 0 Å². The van der Waals surface area contributed by atoms with Crippen molar-refractivity contribution < 1.29 is 9.59 Å². The third kappa shape index (κ3) is 2.31. The Morgan fingerprint density at radius 1 is 1.30 bits per heavy atom. The molecule has 0 unspecified atom stereocenters. The molecule has 6 nitrogen and oxygen atoms in total. The topological polar surface area (TPSA) is 97.1 Å². The minimum atomic E-state index is -0.251. The second-order valence-corrected chi connectivity index (χ2v) is 4.52. The summed E-state index contributed by atoms with van der Waals surface area (Å²) in [5.41, 5.74) is 8.14. The van der Waals surface area contributed by atoms with Crippen LogP contribution in [0.2, 0.25) is 0 Å². The quantitative estimate of drug-likeness (QED) is 0.767. The van der Waals surface area contributed by atoms with Crippen molar-refractivity contribution in [3.63, 3.8) is 0 Å². The Morgan fingerprint density at radius 3 is 2.90 bits per heavy atom. The highest BCUT2D eigenvalue weighted by atomic mass is 16.2. The molecule has 20 heavy (non-hydrogen) atoms. The summed E-state index contributed by atoms with van der Waals surface area (Å²) < 4.78 is 0. The Bertz CT molecular complexity index is 695. The lowest BCUT2D eigenvalue weighted by Crippen LogP contribution is -2.12. The highest BCUT2D eigenvalue weighted by Crippen LogP contribution is 2.24. The third-order valence-corrected chi connectivity index (χ3v) is 3.04. The molecule has 0 spiro atoms. The molecule has 0 atom stereocenters. The van der Waals surface area contributed by atoms with E-state index >= 15 is 0 Å². The summed E-state index contributed by atoms with van der Waals surface area (Å²) in [6.45, 7) is 0. The van der Waals surface area contributed by atoms with Crippen LogP contribution in [0.1, 0.15) is 15.9 Å². The Kier molecular flexibility index (Phi) is 2.83. The van der Waals surface area contributed by atoms with Crippen LogP contribution < -0.4 is 16.4 Å². The van der Waals surface area contributed by atoms with Crippen molar-refractivity contribution in [1.82, 2.24) is 4.98 Å². The first kappa shape index (κ1) is 12.2. The van der Waals surface area contributed by atoms with Crippen molar-refractivity contribution in [3.8, 4) is 0 Å². The van der Waals surface area contributed by atoms with Crippen LogP contribution in [0.5, 0.6) is 0 Å². The Hall–Kier alpha value is -2.89. The molecule has 4 N–H and O–H groups in total. The number of carbonyl (C=O) groups excluding carboxylic acids is 2. The molecular formula is C14H12N4O2. The number of nitrogens with one attached hydrogen (secondary N) is 2. The molecule has 1 aromatic carbocycles. The van der Waals surface area contributed by atoms with E-state index in [0.717, 1.165) is 11.3 Å². The summed E-state index contributed by atoms with van der Waals surface area (Å²) in [4.78, 5) is 27.3. The molecule has 1 aromatic heterocycles. The second kappa shape index (κ2) is 4.65. The standard InChI is InChI=1S/C14H12N4O2/c15-12-4-2-10(7-16-12)17-14(20)8-1-3-11-9(5-8)6-13(19)18-11/h1-5,7H,6H2,(H2,15,16)(H,17,20)(H,18,19). The molecule has 0 saturated heterocycles. The number of nitrogens with two attached hydrogens (primary N) is 1. The van der Waals surface area contributed by atoms with Gasteiger partial charge in [-0.15, -0.1) is 0 Å². The summed E-state index contributed by atoms with van der Waals surface area (Å²) in [5, 5.41) is 5.45. The highest BCUT2D eigenvalue weighted by Gasteiger charge is 2.19. The van der Waals surface area contributed by atoms with Gasteiger partial charge in [0.25, 0.3) is 5.91 Å². The van der Waals surface area contributed by atoms with E-state index in [2.05, 4.69) is 15.6 Å². The molecule has 0 aliphatic carbocycles. The summed E-state index contributed by atoms with van der Waals surface area (Å²) in [5.74, 6) is 0.0872. The Labute approximate surface area is 115 Å². The van der Waals surface area contributed by atoms with Crippen molar-refractivity contribution >= 4 is 29.0 Å². The van der Waals surface area contributed by atoms with E-state index in [9.17, 15) is 9.59 Å². The molecule has 3 rings (SSSR count). The predicted octanol–water partition coefficient (Wildman–Crippen LogP) is 1.41. The van der Waals surface area contributed by atoms with Gasteiger partial charge in [0.15, 0.2) is 0 Å². The van der Waals surface area contributed by atoms with Crippen molar-refractivity contribution in [2.24, 2.45) is 0 Å². The molecule has 1 aliphatic rings. The summed E-state index contributed by atoms with van der Waals surface area (Å²) in [7, 11) is 0. The SMILES string of the molecule is Nc1ccc(NC(=O)c2ccc3c(c2)CC(=O)N3)cn1. The third-order valence-electron chi connectivity index (χ3n) is 3.04. The average molecular weight is 268 g/mol. The number of hydrogen-bond donors (Lipinski definition) is 3. The monoisotopic (exact) mass is 268 g/mol. The summed E-state index contributed by atoms with van der Waals surface area (Å²) in [6, 6.07) is 8.41. The van der Waals surface area contributed by atoms with Crippen LogP contribution in [0.15, 0.2) is 36.5 Å². The van der Waals surface area contributed by atoms with Gasteiger partial charge >= 0.3 is 0 Å². The lowest BCUT2D eigenvalue weighted by molar-refractivity contribution is -0.115. The van der Waals surface area contributed by atoms with Crippen LogP contribution in [0.3, 0.4) is 0 Å². The van der Waals surface area contributed by atoms with E-state index in [1.54, 1.807) is 30.3 Å². The van der Waals surface area contributed by atoms with Gasteiger partial charge in [0.2, 0.25) is 5.91 Å².